The molecule has 0 saturated carbocycles. The van der Waals surface area contributed by atoms with E-state index in [0.29, 0.717) is 27.8 Å². The maximum absolute atomic E-state index is 12.6. The molecule has 0 atom stereocenters. The number of ether oxygens (including phenoxy) is 2. The topological polar surface area (TPSA) is 65.5 Å². The van der Waals surface area contributed by atoms with Gasteiger partial charge in [0.2, 0.25) is 0 Å². The third-order valence-electron chi connectivity index (χ3n) is 4.15. The van der Waals surface area contributed by atoms with Gasteiger partial charge in [0, 0.05) is 16.5 Å². The molecule has 1 heterocycles. The number of hydrogen-bond acceptors (Lipinski definition) is 6. The van der Waals surface area contributed by atoms with Gasteiger partial charge in [0.25, 0.3) is 9.84 Å². The third-order valence-corrected chi connectivity index (χ3v) is 6.78. The first-order valence-electron chi connectivity index (χ1n) is 8.31. The van der Waals surface area contributed by atoms with Crippen molar-refractivity contribution in [1.82, 2.24) is 4.98 Å². The molecule has 0 spiro atoms. The first-order valence-corrected chi connectivity index (χ1v) is 11.2. The molecule has 0 fully saturated rings. The van der Waals surface area contributed by atoms with Crippen molar-refractivity contribution in [2.24, 2.45) is 0 Å². The lowest BCUT2D eigenvalue weighted by Gasteiger charge is -2.09. The number of aromatic nitrogens is 1. The molecule has 30 heavy (non-hydrogen) atoms. The highest BCUT2D eigenvalue weighted by Gasteiger charge is 2.45. The summed E-state index contributed by atoms with van der Waals surface area (Å²) in [5.74, 6) is -0.0599. The predicted octanol–water partition coefficient (Wildman–Crippen LogP) is 5.58. The summed E-state index contributed by atoms with van der Waals surface area (Å²) in [5, 5.41) is 2.53. The smallest absolute Gasteiger partial charge is 0.493 e. The Balaban J connectivity index is 1.89. The number of rotatable bonds is 6. The van der Waals surface area contributed by atoms with E-state index < -0.39 is 21.1 Å². The van der Waals surface area contributed by atoms with Crippen molar-refractivity contribution in [3.05, 3.63) is 52.4 Å². The summed E-state index contributed by atoms with van der Waals surface area (Å²) in [5.41, 5.74) is -3.60. The molecule has 2 aromatic carbocycles. The van der Waals surface area contributed by atoms with E-state index in [0.717, 1.165) is 5.56 Å². The zero-order valence-corrected chi connectivity index (χ0v) is 18.0. The second-order valence-corrected chi connectivity index (χ2v) is 9.37. The van der Waals surface area contributed by atoms with Gasteiger partial charge in [-0.15, -0.1) is 11.3 Å². The van der Waals surface area contributed by atoms with Gasteiger partial charge in [-0.05, 0) is 29.8 Å². The van der Waals surface area contributed by atoms with Gasteiger partial charge in [-0.25, -0.2) is 13.4 Å². The van der Waals surface area contributed by atoms with Gasteiger partial charge < -0.3 is 9.47 Å². The Bertz CT molecular complexity index is 1180. The number of nitrogens with zero attached hydrogens (tertiary/aromatic N) is 1. The van der Waals surface area contributed by atoms with Crippen LogP contribution in [0.25, 0.3) is 21.8 Å². The standard InChI is InChI=1S/C19H15ClF3NO4S2/c1-27-16-6-4-12(8-17(16)28-2)18-24-15(9-29-18)13-5-3-11(7-14(13)20)10-30(25,26)19(21,22)23/h3-9H,10H2,1-2H3. The molecule has 11 heteroatoms. The van der Waals surface area contributed by atoms with Crippen molar-refractivity contribution in [3.8, 4) is 33.3 Å². The molecule has 1 aromatic heterocycles. The molecule has 0 amide bonds. The molecule has 0 N–H and O–H groups in total. The van der Waals surface area contributed by atoms with Crippen LogP contribution < -0.4 is 9.47 Å². The highest BCUT2D eigenvalue weighted by molar-refractivity contribution is 7.91. The van der Waals surface area contributed by atoms with Crippen molar-refractivity contribution in [3.63, 3.8) is 0 Å². The molecule has 5 nitrogen and oxygen atoms in total. The Labute approximate surface area is 180 Å². The molecule has 0 unspecified atom stereocenters. The zero-order chi connectivity index (χ0) is 22.1. The Hall–Kier alpha value is -2.30. The number of sulfone groups is 1. The molecule has 160 valence electrons. The van der Waals surface area contributed by atoms with Crippen LogP contribution in [-0.4, -0.2) is 33.1 Å². The Kier molecular flexibility index (Phi) is 6.30. The molecule has 0 aliphatic carbocycles. The SMILES string of the molecule is COc1ccc(-c2nc(-c3ccc(CS(=O)(=O)C(F)(F)F)cc3Cl)cs2)cc1OC. The zero-order valence-electron chi connectivity index (χ0n) is 15.7. The second kappa shape index (κ2) is 8.44. The first kappa shape index (κ1) is 22.4. The fraction of sp³-hybridized carbons (Fsp3) is 0.211. The molecule has 0 radical (unpaired) electrons. The van der Waals surface area contributed by atoms with Crippen LogP contribution in [0.2, 0.25) is 5.02 Å². The van der Waals surface area contributed by atoms with Gasteiger partial charge in [-0.1, -0.05) is 23.7 Å². The maximum atomic E-state index is 12.6. The van der Waals surface area contributed by atoms with Crippen molar-refractivity contribution in [2.75, 3.05) is 14.2 Å². The van der Waals surface area contributed by atoms with E-state index in [-0.39, 0.29) is 10.6 Å². The minimum atomic E-state index is -5.32. The van der Waals surface area contributed by atoms with Crippen molar-refractivity contribution in [1.29, 1.82) is 0 Å². The van der Waals surface area contributed by atoms with Crippen LogP contribution in [0.3, 0.4) is 0 Å². The largest absolute Gasteiger partial charge is 0.497 e. The Morgan fingerprint density at radius 2 is 1.77 bits per heavy atom. The van der Waals surface area contributed by atoms with Gasteiger partial charge in [-0.2, -0.15) is 13.2 Å². The van der Waals surface area contributed by atoms with Gasteiger partial charge in [0.05, 0.1) is 30.7 Å². The first-order chi connectivity index (χ1) is 14.1. The van der Waals surface area contributed by atoms with Crippen molar-refractivity contribution >= 4 is 32.8 Å². The van der Waals surface area contributed by atoms with Crippen LogP contribution in [0.5, 0.6) is 11.5 Å². The number of methoxy groups -OCH3 is 2. The summed E-state index contributed by atoms with van der Waals surface area (Å²) < 4.78 is 70.9. The fourth-order valence-corrected chi connectivity index (χ4v) is 4.56. The van der Waals surface area contributed by atoms with E-state index in [1.807, 2.05) is 6.07 Å². The van der Waals surface area contributed by atoms with Crippen molar-refractivity contribution < 1.29 is 31.1 Å². The molecule has 0 bridgehead atoms. The van der Waals surface area contributed by atoms with Gasteiger partial charge in [0.1, 0.15) is 5.01 Å². The molecular weight excluding hydrogens is 463 g/mol. The molecule has 0 saturated heterocycles. The Morgan fingerprint density at radius 1 is 1.07 bits per heavy atom. The average molecular weight is 478 g/mol. The molecule has 0 aliphatic rings. The third kappa shape index (κ3) is 4.55. The number of thiazole rings is 1. The molecule has 3 rings (SSSR count). The van der Waals surface area contributed by atoms with Crippen molar-refractivity contribution in [2.45, 2.75) is 11.3 Å². The monoisotopic (exact) mass is 477 g/mol. The molecule has 0 aliphatic heterocycles. The van der Waals surface area contributed by atoms with Gasteiger partial charge >= 0.3 is 5.51 Å². The lowest BCUT2D eigenvalue weighted by Crippen LogP contribution is -2.24. The van der Waals surface area contributed by atoms with Crippen LogP contribution >= 0.6 is 22.9 Å². The fourth-order valence-electron chi connectivity index (χ4n) is 2.66. The van der Waals surface area contributed by atoms with Crippen LogP contribution in [0.4, 0.5) is 13.2 Å². The van der Waals surface area contributed by atoms with E-state index in [4.69, 9.17) is 21.1 Å². The normalized spacial score (nSPS) is 12.1. The minimum Gasteiger partial charge on any atom is -0.493 e. The Morgan fingerprint density at radius 3 is 2.37 bits per heavy atom. The average Bonchev–Trinajstić information content (AvgIpc) is 3.16. The lowest BCUT2D eigenvalue weighted by molar-refractivity contribution is -0.0437. The van der Waals surface area contributed by atoms with Crippen LogP contribution in [0.15, 0.2) is 41.8 Å². The highest BCUT2D eigenvalue weighted by Crippen LogP contribution is 2.37. The van der Waals surface area contributed by atoms with E-state index >= 15 is 0 Å². The quantitative estimate of drug-likeness (QED) is 0.463. The van der Waals surface area contributed by atoms with E-state index in [9.17, 15) is 21.6 Å². The summed E-state index contributed by atoms with van der Waals surface area (Å²) in [6, 6.07) is 9.29. The molecular formula is C19H15ClF3NO4S2. The molecule has 3 aromatic rings. The number of benzene rings is 2. The van der Waals surface area contributed by atoms with E-state index in [2.05, 4.69) is 4.98 Å². The predicted molar refractivity (Wildman–Crippen MR) is 110 cm³/mol. The van der Waals surface area contributed by atoms with Crippen LogP contribution in [-0.2, 0) is 15.6 Å². The minimum absolute atomic E-state index is 0.0589. The summed E-state index contributed by atoms with van der Waals surface area (Å²) >= 11 is 7.55. The maximum Gasteiger partial charge on any atom is 0.497 e. The van der Waals surface area contributed by atoms with E-state index in [1.165, 1.54) is 43.8 Å². The van der Waals surface area contributed by atoms with Gasteiger partial charge in [-0.3, -0.25) is 0 Å². The number of hydrogen-bond donors (Lipinski definition) is 0. The summed E-state index contributed by atoms with van der Waals surface area (Å²) in [4.78, 5) is 4.53. The summed E-state index contributed by atoms with van der Waals surface area (Å²) in [6.45, 7) is 0. The summed E-state index contributed by atoms with van der Waals surface area (Å²) in [7, 11) is -2.23. The number of alkyl halides is 3. The summed E-state index contributed by atoms with van der Waals surface area (Å²) in [6.07, 6.45) is 0. The number of halogens is 4. The van der Waals surface area contributed by atoms with Crippen LogP contribution in [0.1, 0.15) is 5.56 Å². The van der Waals surface area contributed by atoms with E-state index in [1.54, 1.807) is 17.5 Å². The highest BCUT2D eigenvalue weighted by atomic mass is 35.5. The van der Waals surface area contributed by atoms with Crippen LogP contribution in [0, 0.1) is 0 Å². The second-order valence-electron chi connectivity index (χ2n) is 6.13. The lowest BCUT2D eigenvalue weighted by atomic mass is 10.1. The van der Waals surface area contributed by atoms with Gasteiger partial charge in [0.15, 0.2) is 11.5 Å².